The summed E-state index contributed by atoms with van der Waals surface area (Å²) >= 11 is 0. The van der Waals surface area contributed by atoms with Crippen molar-refractivity contribution in [2.45, 2.75) is 6.92 Å². The van der Waals surface area contributed by atoms with Crippen LogP contribution in [-0.2, 0) is 0 Å². The van der Waals surface area contributed by atoms with Crippen molar-refractivity contribution in [3.05, 3.63) is 107 Å². The Morgan fingerprint density at radius 3 is 2.48 bits per heavy atom. The number of carbonyl (C=O) groups is 1. The van der Waals surface area contributed by atoms with Crippen LogP contribution < -0.4 is 9.47 Å². The highest BCUT2D eigenvalue weighted by Crippen LogP contribution is 2.39. The number of halogens is 1. The number of allylic oxidation sites excluding steroid dienone is 1. The van der Waals surface area contributed by atoms with Crippen LogP contribution in [0.4, 0.5) is 4.39 Å². The minimum atomic E-state index is -0.326. The summed E-state index contributed by atoms with van der Waals surface area (Å²) in [6, 6.07) is 19.4. The third kappa shape index (κ3) is 4.11. The van der Waals surface area contributed by atoms with E-state index in [0.717, 1.165) is 11.1 Å². The quantitative estimate of drug-likeness (QED) is 0.517. The van der Waals surface area contributed by atoms with Gasteiger partial charge in [-0.3, -0.25) is 4.79 Å². The van der Waals surface area contributed by atoms with Crippen molar-refractivity contribution >= 4 is 17.9 Å². The fourth-order valence-electron chi connectivity index (χ4n) is 3.12. The number of hydrogen-bond acceptors (Lipinski definition) is 3. The van der Waals surface area contributed by atoms with Crippen molar-refractivity contribution in [2.75, 3.05) is 6.61 Å². The van der Waals surface area contributed by atoms with Crippen LogP contribution in [0.2, 0.25) is 0 Å². The summed E-state index contributed by atoms with van der Waals surface area (Å²) in [6.45, 7) is 2.27. The van der Waals surface area contributed by atoms with E-state index in [2.05, 4.69) is 0 Å². The van der Waals surface area contributed by atoms with Gasteiger partial charge in [0, 0.05) is 5.56 Å². The standard InChI is InChI=1S/C25H19FO3/c1-17-22(28-15-5-8-18-6-3-2-4-7-18)14-13-21-24(27)23(29-25(17)21)16-19-9-11-20(26)12-10-19/h2-14,16H,15H2,1H3/b8-5+,23-16-. The summed E-state index contributed by atoms with van der Waals surface area (Å²) in [4.78, 5) is 12.6. The van der Waals surface area contributed by atoms with Crippen molar-refractivity contribution in [3.63, 3.8) is 0 Å². The summed E-state index contributed by atoms with van der Waals surface area (Å²) < 4.78 is 24.7. The third-order valence-corrected chi connectivity index (χ3v) is 4.65. The first-order chi connectivity index (χ1) is 14.1. The molecule has 0 spiro atoms. The van der Waals surface area contributed by atoms with E-state index in [4.69, 9.17) is 9.47 Å². The first kappa shape index (κ1) is 18.7. The molecule has 0 atom stereocenters. The van der Waals surface area contributed by atoms with Gasteiger partial charge in [-0.25, -0.2) is 4.39 Å². The molecule has 1 aliphatic heterocycles. The minimum absolute atomic E-state index is 0.192. The topological polar surface area (TPSA) is 35.5 Å². The highest BCUT2D eigenvalue weighted by molar-refractivity contribution is 6.14. The lowest BCUT2D eigenvalue weighted by atomic mass is 10.1. The summed E-state index contributed by atoms with van der Waals surface area (Å²) in [5.74, 6) is 0.872. The average Bonchev–Trinajstić information content (AvgIpc) is 3.05. The molecule has 0 bridgehead atoms. The molecule has 0 N–H and O–H groups in total. The molecule has 0 radical (unpaired) electrons. The highest BCUT2D eigenvalue weighted by Gasteiger charge is 2.30. The van der Waals surface area contributed by atoms with Crippen molar-refractivity contribution in [2.24, 2.45) is 0 Å². The maximum absolute atomic E-state index is 13.1. The van der Waals surface area contributed by atoms with E-state index in [1.807, 2.05) is 49.4 Å². The molecule has 144 valence electrons. The predicted molar refractivity (Wildman–Crippen MR) is 111 cm³/mol. The van der Waals surface area contributed by atoms with Crippen LogP contribution in [0.1, 0.15) is 27.0 Å². The van der Waals surface area contributed by atoms with Gasteiger partial charge in [0.1, 0.15) is 23.9 Å². The van der Waals surface area contributed by atoms with Crippen molar-refractivity contribution in [3.8, 4) is 11.5 Å². The molecule has 3 nitrogen and oxygen atoms in total. The zero-order chi connectivity index (χ0) is 20.2. The number of fused-ring (bicyclic) bond motifs is 1. The maximum Gasteiger partial charge on any atom is 0.231 e. The van der Waals surface area contributed by atoms with Gasteiger partial charge < -0.3 is 9.47 Å². The van der Waals surface area contributed by atoms with Gasteiger partial charge in [-0.15, -0.1) is 0 Å². The maximum atomic E-state index is 13.1. The molecule has 0 saturated heterocycles. The molecule has 3 aromatic carbocycles. The smallest absolute Gasteiger partial charge is 0.231 e. The summed E-state index contributed by atoms with van der Waals surface area (Å²) in [7, 11) is 0. The van der Waals surface area contributed by atoms with Crippen molar-refractivity contribution < 1.29 is 18.7 Å². The lowest BCUT2D eigenvalue weighted by Gasteiger charge is -2.10. The normalized spacial score (nSPS) is 14.3. The van der Waals surface area contributed by atoms with Gasteiger partial charge in [0.15, 0.2) is 5.76 Å². The Bertz CT molecular complexity index is 1100. The average molecular weight is 386 g/mol. The van der Waals surface area contributed by atoms with E-state index in [9.17, 15) is 9.18 Å². The largest absolute Gasteiger partial charge is 0.489 e. The Morgan fingerprint density at radius 2 is 1.72 bits per heavy atom. The Balaban J connectivity index is 1.49. The van der Waals surface area contributed by atoms with Crippen LogP contribution >= 0.6 is 0 Å². The van der Waals surface area contributed by atoms with E-state index in [1.165, 1.54) is 12.1 Å². The second-order valence-corrected chi connectivity index (χ2v) is 6.68. The summed E-state index contributed by atoms with van der Waals surface area (Å²) in [6.07, 6.45) is 5.55. The van der Waals surface area contributed by atoms with Crippen molar-refractivity contribution in [1.82, 2.24) is 0 Å². The molecule has 0 aromatic heterocycles. The molecule has 0 fully saturated rings. The number of rotatable bonds is 5. The van der Waals surface area contributed by atoms with E-state index in [1.54, 1.807) is 30.3 Å². The molecule has 0 saturated carbocycles. The Hall–Kier alpha value is -3.66. The number of hydrogen-bond donors (Lipinski definition) is 0. The van der Waals surface area contributed by atoms with Crippen molar-refractivity contribution in [1.29, 1.82) is 0 Å². The van der Waals surface area contributed by atoms with Gasteiger partial charge in [0.05, 0.1) is 5.56 Å². The van der Waals surface area contributed by atoms with Gasteiger partial charge in [-0.05, 0) is 54.5 Å². The second kappa shape index (κ2) is 8.15. The highest BCUT2D eigenvalue weighted by atomic mass is 19.1. The van der Waals surface area contributed by atoms with E-state index in [-0.39, 0.29) is 17.4 Å². The molecule has 0 aliphatic carbocycles. The second-order valence-electron chi connectivity index (χ2n) is 6.68. The minimum Gasteiger partial charge on any atom is -0.489 e. The molecule has 1 heterocycles. The molecular weight excluding hydrogens is 367 g/mol. The van der Waals surface area contributed by atoms with E-state index in [0.29, 0.717) is 29.2 Å². The molecular formula is C25H19FO3. The van der Waals surface area contributed by atoms with Crippen LogP contribution in [0.25, 0.3) is 12.2 Å². The van der Waals surface area contributed by atoms with Gasteiger partial charge in [-0.1, -0.05) is 48.5 Å². The fourth-order valence-corrected chi connectivity index (χ4v) is 3.12. The fraction of sp³-hybridized carbons (Fsp3) is 0.0800. The number of Topliss-reactive ketones (excluding diaryl/α,β-unsaturated/α-hetero) is 1. The molecule has 1 aliphatic rings. The Morgan fingerprint density at radius 1 is 0.966 bits per heavy atom. The number of carbonyl (C=O) groups excluding carboxylic acids is 1. The van der Waals surface area contributed by atoms with Gasteiger partial charge in [-0.2, -0.15) is 0 Å². The van der Waals surface area contributed by atoms with Gasteiger partial charge in [0.2, 0.25) is 5.78 Å². The third-order valence-electron chi connectivity index (χ3n) is 4.65. The molecule has 4 heteroatoms. The molecule has 29 heavy (non-hydrogen) atoms. The first-order valence-corrected chi connectivity index (χ1v) is 9.29. The SMILES string of the molecule is Cc1c(OC/C=C/c2ccccc2)ccc2c1O/C(=C\c1ccc(F)cc1)C2=O. The first-order valence-electron chi connectivity index (χ1n) is 9.29. The molecule has 0 unspecified atom stereocenters. The van der Waals surface area contributed by atoms with E-state index >= 15 is 0 Å². The molecule has 3 aromatic rings. The van der Waals surface area contributed by atoms with Crippen LogP contribution in [0.3, 0.4) is 0 Å². The Labute approximate surface area is 168 Å². The number of ether oxygens (including phenoxy) is 2. The van der Waals surface area contributed by atoms with Gasteiger partial charge in [0.25, 0.3) is 0 Å². The number of ketones is 1. The molecule has 0 amide bonds. The van der Waals surface area contributed by atoms with Crippen LogP contribution in [0.5, 0.6) is 11.5 Å². The molecule has 4 rings (SSSR count). The Kier molecular flexibility index (Phi) is 5.25. The van der Waals surface area contributed by atoms with E-state index < -0.39 is 0 Å². The summed E-state index contributed by atoms with van der Waals surface area (Å²) in [5, 5.41) is 0. The summed E-state index contributed by atoms with van der Waals surface area (Å²) in [5.41, 5.74) is 3.07. The van der Waals surface area contributed by atoms with Crippen LogP contribution in [0.15, 0.2) is 78.6 Å². The van der Waals surface area contributed by atoms with Gasteiger partial charge >= 0.3 is 0 Å². The number of benzene rings is 3. The monoisotopic (exact) mass is 386 g/mol. The van der Waals surface area contributed by atoms with Crippen LogP contribution in [0, 0.1) is 12.7 Å². The zero-order valence-electron chi connectivity index (χ0n) is 15.9. The lowest BCUT2D eigenvalue weighted by Crippen LogP contribution is -1.98. The predicted octanol–water partition coefficient (Wildman–Crippen LogP) is 5.84. The lowest BCUT2D eigenvalue weighted by molar-refractivity contribution is 0.101. The van der Waals surface area contributed by atoms with Crippen LogP contribution in [-0.4, -0.2) is 12.4 Å². The zero-order valence-corrected chi connectivity index (χ0v) is 15.9.